The number of hydrogen-bond acceptors (Lipinski definition) is 0. The van der Waals surface area contributed by atoms with Crippen molar-refractivity contribution in [2.45, 2.75) is 0 Å². The van der Waals surface area contributed by atoms with Crippen molar-refractivity contribution in [3.63, 3.8) is 0 Å². The van der Waals surface area contributed by atoms with Gasteiger partial charge in [-0.15, -0.1) is 0 Å². The summed E-state index contributed by atoms with van der Waals surface area (Å²) < 4.78 is 321. The van der Waals surface area contributed by atoms with E-state index in [-0.39, 0.29) is 0 Å². The number of fused-ring (bicyclic) bond motifs is 9. The molecule has 0 spiro atoms. The first-order chi connectivity index (χ1) is 42.9. The molecule has 0 radical (unpaired) electrons. The molecule has 12 aromatic rings. The summed E-state index contributed by atoms with van der Waals surface area (Å²) in [5, 5.41) is -4.00. The fourth-order valence-corrected chi connectivity index (χ4v) is 6.90. The molecule has 0 aliphatic heterocycles. The van der Waals surface area contributed by atoms with Gasteiger partial charge in [-0.1, -0.05) is 151 Å². The zero-order valence-corrected chi connectivity index (χ0v) is 28.3. The second-order valence-electron chi connectivity index (χ2n) is 12.3. The van der Waals surface area contributed by atoms with Crippen LogP contribution in [0.15, 0.2) is 211 Å². The Bertz CT molecular complexity index is 5420. The molecule has 0 aliphatic carbocycles. The lowest BCUT2D eigenvalue weighted by molar-refractivity contribution is 1.13. The van der Waals surface area contributed by atoms with Gasteiger partial charge in [-0.3, -0.25) is 0 Å². The quantitative estimate of drug-likeness (QED) is 0.166. The molecule has 12 rings (SSSR count). The van der Waals surface area contributed by atoms with Gasteiger partial charge in [0.25, 0.3) is 0 Å². The van der Waals surface area contributed by atoms with Crippen LogP contribution >= 0.6 is 0 Å². The molecule has 0 amide bonds. The van der Waals surface area contributed by atoms with E-state index in [2.05, 4.69) is 0 Å². The maximum absolute atomic E-state index is 10.3. The third-order valence-electron chi connectivity index (χ3n) is 9.28. The molecule has 0 atom stereocenters. The third-order valence-corrected chi connectivity index (χ3v) is 9.28. The molecule has 266 valence electrons. The van der Waals surface area contributed by atoms with Crippen molar-refractivity contribution in [1.29, 1.82) is 0 Å². The second-order valence-corrected chi connectivity index (χ2v) is 12.3. The molecule has 0 unspecified atom stereocenters. The lowest BCUT2D eigenvalue weighted by Gasteiger charge is -2.15. The summed E-state index contributed by atoms with van der Waals surface area (Å²) in [5.41, 5.74) is -10.7. The van der Waals surface area contributed by atoms with E-state index >= 15 is 0 Å². The number of nitrogens with zero attached hydrogens (tertiary/aromatic N) is 3. The van der Waals surface area contributed by atoms with Crippen molar-refractivity contribution < 1.29 is 48.0 Å². The van der Waals surface area contributed by atoms with Gasteiger partial charge in [-0.25, -0.2) is 0 Å². The SMILES string of the molecule is [2H]c1c([2H])c([2H])c(-c2c([2H])c([2H])c(-c3c([2H])c([2H])c(-n4c5c([2H])c([2H])c([2H])c([2H])c5c5c([2H])c(-n6c7c([2H])c([2H])c([2H])c([2H])c7c7c([2H])c([2H])c([2H])c(-n8c9c([2H])c([2H])c([2H])c([2H])c9c9c([2H])c([2H])c([2H])c([2H])c98)c76)c([2H])c([2H])c54)c([2H])c3[2H])c([2H])c2[2H])c([2H])c1[2H]. The lowest BCUT2D eigenvalue weighted by atomic mass is 10.0. The van der Waals surface area contributed by atoms with Crippen molar-refractivity contribution in [2.24, 2.45) is 0 Å². The highest BCUT2D eigenvalue weighted by Crippen LogP contribution is 2.41. The summed E-state index contributed by atoms with van der Waals surface area (Å²) in [7, 11) is 0. The van der Waals surface area contributed by atoms with Gasteiger partial charge < -0.3 is 13.7 Å². The Morgan fingerprint density at radius 3 is 1.26 bits per heavy atom. The summed E-state index contributed by atoms with van der Waals surface area (Å²) in [6, 6.07) is -35.2. The van der Waals surface area contributed by atoms with Gasteiger partial charge >= 0.3 is 0 Å². The highest BCUT2D eigenvalue weighted by molar-refractivity contribution is 6.16. The molecule has 0 saturated heterocycles. The van der Waals surface area contributed by atoms with Gasteiger partial charge in [0.1, 0.15) is 0 Å². The monoisotopic (exact) mass is 761 g/mol. The Kier molecular flexibility index (Phi) is 2.78. The highest BCUT2D eigenvalue weighted by Gasteiger charge is 2.21. The van der Waals surface area contributed by atoms with Crippen LogP contribution in [-0.2, 0) is 0 Å². The molecular weight excluding hydrogens is 691 g/mol. The Morgan fingerprint density at radius 1 is 0.263 bits per heavy atom. The second kappa shape index (κ2) is 12.5. The van der Waals surface area contributed by atoms with Crippen LogP contribution in [0.5, 0.6) is 0 Å². The molecule has 0 N–H and O–H groups in total. The van der Waals surface area contributed by atoms with E-state index in [1.165, 1.54) is 0 Å². The zero-order chi connectivity index (χ0) is 67.9. The molecule has 3 aromatic heterocycles. The summed E-state index contributed by atoms with van der Waals surface area (Å²) in [6.07, 6.45) is 0. The molecule has 0 aliphatic rings. The van der Waals surface area contributed by atoms with Gasteiger partial charge in [0.15, 0.2) is 0 Å². The largest absolute Gasteiger partial charge is 0.309 e. The van der Waals surface area contributed by atoms with Crippen molar-refractivity contribution >= 4 is 65.4 Å². The summed E-state index contributed by atoms with van der Waals surface area (Å²) in [5.74, 6) is 0. The van der Waals surface area contributed by atoms with Crippen LogP contribution in [0.4, 0.5) is 0 Å². The van der Waals surface area contributed by atoms with E-state index in [0.717, 1.165) is 4.57 Å². The summed E-state index contributed by atoms with van der Waals surface area (Å²) in [6.45, 7) is 0. The van der Waals surface area contributed by atoms with Crippen molar-refractivity contribution in [2.75, 3.05) is 0 Å². The van der Waals surface area contributed by atoms with E-state index < -0.39 is 316 Å². The lowest BCUT2D eigenvalue weighted by Crippen LogP contribution is -2.00. The Morgan fingerprint density at radius 2 is 0.667 bits per heavy atom. The van der Waals surface area contributed by atoms with Gasteiger partial charge in [0, 0.05) is 43.7 Å². The van der Waals surface area contributed by atoms with E-state index in [0.29, 0.717) is 9.13 Å². The van der Waals surface area contributed by atoms with Crippen molar-refractivity contribution in [3.8, 4) is 39.3 Å². The van der Waals surface area contributed by atoms with Crippen LogP contribution in [-0.4, -0.2) is 13.7 Å². The topological polar surface area (TPSA) is 14.8 Å². The Balaban J connectivity index is 1.28. The first kappa shape index (κ1) is 12.7. The summed E-state index contributed by atoms with van der Waals surface area (Å²) >= 11 is 0. The molecule has 57 heavy (non-hydrogen) atoms. The molecule has 0 bridgehead atoms. The van der Waals surface area contributed by atoms with Crippen LogP contribution in [0, 0.1) is 0 Å². The van der Waals surface area contributed by atoms with E-state index in [1.807, 2.05) is 0 Å². The maximum atomic E-state index is 10.3. The van der Waals surface area contributed by atoms with Crippen LogP contribution < -0.4 is 0 Å². The number of hydrogen-bond donors (Lipinski definition) is 0. The predicted octanol–water partition coefficient (Wildman–Crippen LogP) is 14.3. The van der Waals surface area contributed by atoms with E-state index in [1.54, 1.807) is 0 Å². The predicted molar refractivity (Wildman–Crippen MR) is 240 cm³/mol. The van der Waals surface area contributed by atoms with E-state index in [9.17, 15) is 21.9 Å². The smallest absolute Gasteiger partial charge is 0.0782 e. The number of aromatic nitrogens is 3. The molecule has 3 heterocycles. The molecule has 3 nitrogen and oxygen atoms in total. The molecule has 9 aromatic carbocycles. The van der Waals surface area contributed by atoms with Crippen molar-refractivity contribution in [1.82, 2.24) is 13.7 Å². The van der Waals surface area contributed by atoms with Crippen LogP contribution in [0.2, 0.25) is 0 Å². The summed E-state index contributed by atoms with van der Waals surface area (Å²) in [4.78, 5) is 0. The Hall–Kier alpha value is -7.62. The minimum Gasteiger partial charge on any atom is -0.309 e. The third kappa shape index (κ3) is 4.79. The molecule has 0 fully saturated rings. The molecule has 0 saturated carbocycles. The van der Waals surface area contributed by atoms with E-state index in [4.69, 9.17) is 26.0 Å². The van der Waals surface area contributed by atoms with Gasteiger partial charge in [0.2, 0.25) is 0 Å². The van der Waals surface area contributed by atoms with Crippen LogP contribution in [0.3, 0.4) is 0 Å². The van der Waals surface area contributed by atoms with Crippen LogP contribution in [0.1, 0.15) is 48.0 Å². The average Bonchev–Trinajstić information content (AvgIpc) is 1.47. The van der Waals surface area contributed by atoms with Gasteiger partial charge in [-0.2, -0.15) is 0 Å². The normalized spacial score (nSPS) is 20.5. The number of para-hydroxylation sites is 5. The van der Waals surface area contributed by atoms with Gasteiger partial charge in [0.05, 0.1) is 86.8 Å². The standard InChI is InChI=1S/C54H35N3/c1-2-13-36(14-3-1)37-25-27-38(28-26-37)39-29-31-40(32-30-39)55-48-20-8-7-18-45(48)47-35-41(33-34-52(47)55)56-49-21-9-6-17-44(49)46-19-12-24-53(54(46)56)57-50-22-10-4-15-42(50)43-16-5-11-23-51(43)57/h1-35H/i1D,2D,3D,4D,5D,6D,7D,8D,9D,10D,11D,12D,13D,14D,15D,16D,17D,18D,19D,20D,21D,22D,23D,24D,25D,26D,27D,28D,29D,30D,31D,32D,33D,34D,35D. The number of rotatable bonds is 5. The highest BCUT2D eigenvalue weighted by atomic mass is 15.1. The van der Waals surface area contributed by atoms with Crippen molar-refractivity contribution in [3.05, 3.63) is 211 Å². The Labute approximate surface area is 378 Å². The zero-order valence-electron chi connectivity index (χ0n) is 63.3. The number of benzene rings is 9. The molecule has 3 heteroatoms. The maximum Gasteiger partial charge on any atom is 0.0782 e. The minimum absolute atomic E-state index is 0.562. The first-order valence-corrected chi connectivity index (χ1v) is 16.8. The van der Waals surface area contributed by atoms with Gasteiger partial charge in [-0.05, 0) is 82.7 Å². The fourth-order valence-electron chi connectivity index (χ4n) is 6.90. The fraction of sp³-hybridized carbons (Fsp3) is 0. The average molecular weight is 761 g/mol. The first-order valence-electron chi connectivity index (χ1n) is 34.3. The minimum atomic E-state index is -1.20. The molecular formula is C54H35N3. The van der Waals surface area contributed by atoms with Crippen LogP contribution in [0.25, 0.3) is 105 Å².